The first-order valence-corrected chi connectivity index (χ1v) is 10.9. The lowest BCUT2D eigenvalue weighted by Gasteiger charge is -2.29. The van der Waals surface area contributed by atoms with Crippen LogP contribution >= 0.6 is 0 Å². The van der Waals surface area contributed by atoms with E-state index in [0.29, 0.717) is 29.5 Å². The number of allylic oxidation sites excluding steroid dienone is 1. The van der Waals surface area contributed by atoms with Crippen LogP contribution in [0.4, 0.5) is 13.2 Å². The first-order chi connectivity index (χ1) is 14.5. The number of nitrogens with zero attached hydrogens (tertiary/aromatic N) is 1. The molecule has 0 unspecified atom stereocenters. The average Bonchev–Trinajstić information content (AvgIpc) is 2.74. The molecule has 0 aromatic heterocycles. The van der Waals surface area contributed by atoms with Gasteiger partial charge in [-0.2, -0.15) is 5.26 Å². The van der Waals surface area contributed by atoms with Crippen molar-refractivity contribution in [3.8, 4) is 6.07 Å². The molecule has 0 bridgehead atoms. The molecule has 2 aromatic rings. The van der Waals surface area contributed by atoms with E-state index in [4.69, 9.17) is 5.26 Å². The lowest BCUT2D eigenvalue weighted by atomic mass is 9.77. The quantitative estimate of drug-likeness (QED) is 0.512. The van der Waals surface area contributed by atoms with E-state index in [1.807, 2.05) is 6.07 Å². The molecule has 30 heavy (non-hydrogen) atoms. The summed E-state index contributed by atoms with van der Waals surface area (Å²) in [4.78, 5) is 0. The highest BCUT2D eigenvalue weighted by molar-refractivity contribution is 5.85. The smallest absolute Gasteiger partial charge is 0.144 e. The van der Waals surface area contributed by atoms with Gasteiger partial charge in [-0.1, -0.05) is 31.9 Å². The summed E-state index contributed by atoms with van der Waals surface area (Å²) in [6.45, 7) is 2.20. The summed E-state index contributed by atoms with van der Waals surface area (Å²) in [6, 6.07) is 7.90. The molecule has 4 heteroatoms. The van der Waals surface area contributed by atoms with Crippen LogP contribution in [0.15, 0.2) is 24.3 Å². The zero-order valence-electron chi connectivity index (χ0n) is 17.3. The van der Waals surface area contributed by atoms with Crippen molar-refractivity contribution in [2.24, 2.45) is 5.92 Å². The molecule has 156 valence electrons. The fourth-order valence-corrected chi connectivity index (χ4v) is 5.16. The normalized spacial score (nSPS) is 21.0. The maximum absolute atomic E-state index is 15.0. The van der Waals surface area contributed by atoms with Crippen molar-refractivity contribution in [1.29, 1.82) is 5.26 Å². The molecule has 0 amide bonds. The zero-order chi connectivity index (χ0) is 21.3. The van der Waals surface area contributed by atoms with Gasteiger partial charge in [0, 0.05) is 5.56 Å². The van der Waals surface area contributed by atoms with Gasteiger partial charge in [-0.05, 0) is 90.8 Å². The van der Waals surface area contributed by atoms with Crippen LogP contribution in [0.5, 0.6) is 0 Å². The number of hydrogen-bond acceptors (Lipinski definition) is 1. The molecule has 1 saturated carbocycles. The zero-order valence-corrected chi connectivity index (χ0v) is 17.3. The third-order valence-electron chi connectivity index (χ3n) is 6.77. The van der Waals surface area contributed by atoms with Gasteiger partial charge in [0.2, 0.25) is 0 Å². The second-order valence-corrected chi connectivity index (χ2v) is 8.64. The van der Waals surface area contributed by atoms with E-state index in [9.17, 15) is 4.39 Å². The molecule has 0 saturated heterocycles. The van der Waals surface area contributed by atoms with Crippen LogP contribution in [-0.4, -0.2) is 0 Å². The van der Waals surface area contributed by atoms with Gasteiger partial charge >= 0.3 is 0 Å². The van der Waals surface area contributed by atoms with Gasteiger partial charge in [0.05, 0.1) is 5.56 Å². The second kappa shape index (κ2) is 8.68. The minimum absolute atomic E-state index is 0.000900. The molecule has 4 rings (SSSR count). The highest BCUT2D eigenvalue weighted by Crippen LogP contribution is 2.40. The first kappa shape index (κ1) is 20.7. The minimum Gasteiger partial charge on any atom is -0.206 e. The van der Waals surface area contributed by atoms with Gasteiger partial charge in [0.25, 0.3) is 0 Å². The SMILES string of the molecule is CCCC1CCC(c2cc(F)c(C3=Cc4ccc(C#N)c(F)c4CC3)c(F)c2)CC1. The summed E-state index contributed by atoms with van der Waals surface area (Å²) >= 11 is 0. The topological polar surface area (TPSA) is 23.8 Å². The Morgan fingerprint density at radius 2 is 1.70 bits per heavy atom. The fourth-order valence-electron chi connectivity index (χ4n) is 5.16. The molecule has 0 spiro atoms. The van der Waals surface area contributed by atoms with Crippen molar-refractivity contribution in [3.05, 3.63) is 69.5 Å². The molecule has 1 fully saturated rings. The third kappa shape index (κ3) is 3.90. The van der Waals surface area contributed by atoms with E-state index >= 15 is 8.78 Å². The number of rotatable bonds is 4. The fraction of sp³-hybridized carbons (Fsp3) is 0.423. The van der Waals surface area contributed by atoms with Gasteiger partial charge in [0.1, 0.15) is 23.5 Å². The molecule has 0 N–H and O–H groups in total. The molecule has 2 aliphatic carbocycles. The minimum atomic E-state index is -0.538. The summed E-state index contributed by atoms with van der Waals surface area (Å²) in [6.07, 6.45) is 8.97. The van der Waals surface area contributed by atoms with Crippen LogP contribution in [0, 0.1) is 34.7 Å². The highest BCUT2D eigenvalue weighted by Gasteiger charge is 2.26. The Bertz CT molecular complexity index is 1000. The molecule has 1 nitrogen and oxygen atoms in total. The van der Waals surface area contributed by atoms with Crippen LogP contribution < -0.4 is 0 Å². The Balaban J connectivity index is 1.60. The third-order valence-corrected chi connectivity index (χ3v) is 6.77. The second-order valence-electron chi connectivity index (χ2n) is 8.64. The van der Waals surface area contributed by atoms with Crippen LogP contribution in [0.3, 0.4) is 0 Å². The molecular weight excluding hydrogens is 383 g/mol. The number of fused-ring (bicyclic) bond motifs is 1. The van der Waals surface area contributed by atoms with Gasteiger partial charge in [0.15, 0.2) is 0 Å². The maximum atomic E-state index is 15.0. The van der Waals surface area contributed by atoms with E-state index in [0.717, 1.165) is 37.2 Å². The molecule has 0 radical (unpaired) electrons. The first-order valence-electron chi connectivity index (χ1n) is 10.9. The summed E-state index contributed by atoms with van der Waals surface area (Å²) in [5.74, 6) is -0.639. The van der Waals surface area contributed by atoms with Crippen molar-refractivity contribution >= 4 is 11.6 Å². The molecular formula is C26H26F3N. The number of hydrogen-bond donors (Lipinski definition) is 0. The Morgan fingerprint density at radius 1 is 1.00 bits per heavy atom. The summed E-state index contributed by atoms with van der Waals surface area (Å²) < 4.78 is 44.4. The predicted octanol–water partition coefficient (Wildman–Crippen LogP) is 7.54. The molecule has 0 heterocycles. The van der Waals surface area contributed by atoms with E-state index in [-0.39, 0.29) is 17.0 Å². The van der Waals surface area contributed by atoms with Crippen molar-refractivity contribution in [1.82, 2.24) is 0 Å². The largest absolute Gasteiger partial charge is 0.206 e. The van der Waals surface area contributed by atoms with E-state index in [1.165, 1.54) is 31.0 Å². The number of halogens is 3. The van der Waals surface area contributed by atoms with E-state index in [2.05, 4.69) is 6.92 Å². The number of nitriles is 1. The van der Waals surface area contributed by atoms with Gasteiger partial charge in [-0.25, -0.2) is 13.2 Å². The highest BCUT2D eigenvalue weighted by atomic mass is 19.1. The van der Waals surface area contributed by atoms with E-state index < -0.39 is 17.5 Å². The van der Waals surface area contributed by atoms with Gasteiger partial charge in [-0.15, -0.1) is 0 Å². The molecule has 0 aliphatic heterocycles. The van der Waals surface area contributed by atoms with Crippen molar-refractivity contribution < 1.29 is 13.2 Å². The Morgan fingerprint density at radius 3 is 2.33 bits per heavy atom. The van der Waals surface area contributed by atoms with Crippen molar-refractivity contribution in [2.75, 3.05) is 0 Å². The predicted molar refractivity (Wildman–Crippen MR) is 113 cm³/mol. The standard InChI is InChI=1S/C26H26F3N/c1-2-3-16-4-6-17(7-5-16)21-13-23(27)25(24(28)14-21)19-10-11-22-18(12-19)8-9-20(15-30)26(22)29/h8-9,12-14,16-17H,2-7,10-11H2,1H3. The van der Waals surface area contributed by atoms with Crippen LogP contribution in [0.2, 0.25) is 0 Å². The van der Waals surface area contributed by atoms with Crippen molar-refractivity contribution in [2.45, 2.75) is 64.2 Å². The molecule has 0 atom stereocenters. The average molecular weight is 409 g/mol. The van der Waals surface area contributed by atoms with Gasteiger partial charge in [-0.3, -0.25) is 0 Å². The van der Waals surface area contributed by atoms with Crippen LogP contribution in [0.1, 0.15) is 85.6 Å². The van der Waals surface area contributed by atoms with E-state index in [1.54, 1.807) is 12.1 Å². The Labute approximate surface area is 176 Å². The molecule has 2 aliphatic rings. The maximum Gasteiger partial charge on any atom is 0.144 e. The van der Waals surface area contributed by atoms with Crippen LogP contribution in [0.25, 0.3) is 11.6 Å². The Hall–Kier alpha value is -2.54. The summed E-state index contributed by atoms with van der Waals surface area (Å²) in [5.41, 5.74) is 2.32. The number of benzene rings is 2. The lowest BCUT2D eigenvalue weighted by molar-refractivity contribution is 0.307. The summed E-state index contributed by atoms with van der Waals surface area (Å²) in [7, 11) is 0. The van der Waals surface area contributed by atoms with Gasteiger partial charge < -0.3 is 0 Å². The molecule has 2 aromatic carbocycles. The Kier molecular flexibility index (Phi) is 5.99. The van der Waals surface area contributed by atoms with Crippen LogP contribution in [-0.2, 0) is 6.42 Å². The summed E-state index contributed by atoms with van der Waals surface area (Å²) in [5, 5.41) is 8.99. The lowest BCUT2D eigenvalue weighted by Crippen LogP contribution is -2.14. The van der Waals surface area contributed by atoms with Crippen molar-refractivity contribution in [3.63, 3.8) is 0 Å². The monoisotopic (exact) mass is 409 g/mol.